The highest BCUT2D eigenvalue weighted by Crippen LogP contribution is 2.12. The van der Waals surface area contributed by atoms with Crippen LogP contribution in [0.5, 0.6) is 0 Å². The van der Waals surface area contributed by atoms with Crippen molar-refractivity contribution in [1.82, 2.24) is 25.8 Å². The number of nitrogens with zero attached hydrogens (tertiary/aromatic N) is 2. The predicted octanol–water partition coefficient (Wildman–Crippen LogP) is 2.84. The number of hydrogen-bond donors (Lipinski definition) is 3. The van der Waals surface area contributed by atoms with Crippen molar-refractivity contribution in [3.8, 4) is 0 Å². The number of halogens is 1. The van der Waals surface area contributed by atoms with E-state index in [2.05, 4.69) is 16.0 Å². The number of amides is 2. The van der Waals surface area contributed by atoms with Gasteiger partial charge in [0.1, 0.15) is 11.2 Å². The second kappa shape index (κ2) is 16.4. The van der Waals surface area contributed by atoms with E-state index < -0.39 is 11.2 Å². The Hall–Kier alpha value is -1.29. The van der Waals surface area contributed by atoms with Crippen LogP contribution in [0.3, 0.4) is 0 Å². The minimum absolute atomic E-state index is 0. The van der Waals surface area contributed by atoms with Crippen molar-refractivity contribution in [3.63, 3.8) is 0 Å². The maximum Gasteiger partial charge on any atom is 0.410 e. The molecule has 0 unspecified atom stereocenters. The number of rotatable bonds is 0. The van der Waals surface area contributed by atoms with Crippen molar-refractivity contribution in [2.75, 3.05) is 65.4 Å². The molecule has 196 valence electrons. The average molecular weight is 494 g/mol. The minimum atomic E-state index is -0.534. The number of nitrogens with one attached hydrogen (secondary N) is 3. The summed E-state index contributed by atoms with van der Waals surface area (Å²) in [6, 6.07) is 0. The molecule has 2 amide bonds. The fraction of sp³-hybridized carbons (Fsp3) is 0.913. The molecule has 9 nitrogen and oxygen atoms in total. The van der Waals surface area contributed by atoms with Crippen LogP contribution in [0.2, 0.25) is 0 Å². The molecule has 2 saturated heterocycles. The monoisotopic (exact) mass is 493 g/mol. The number of carbonyl (C=O) groups excluding carboxylic acids is 2. The molecule has 0 aromatic heterocycles. The summed E-state index contributed by atoms with van der Waals surface area (Å²) in [5.41, 5.74) is -1.07. The SMILES string of the molecule is C1CCNCCNCC1.CC(C)(C)OC(=O)N1CCNCCN(C(=O)OC(C)(C)C)CC1.Cl. The van der Waals surface area contributed by atoms with Crippen LogP contribution in [0.25, 0.3) is 0 Å². The van der Waals surface area contributed by atoms with Crippen LogP contribution in [0.1, 0.15) is 60.8 Å². The van der Waals surface area contributed by atoms with Crippen LogP contribution in [0, 0.1) is 0 Å². The summed E-state index contributed by atoms with van der Waals surface area (Å²) in [4.78, 5) is 27.7. The van der Waals surface area contributed by atoms with Gasteiger partial charge in [-0.3, -0.25) is 0 Å². The molecular formula is C23H48ClN5O4. The van der Waals surface area contributed by atoms with E-state index in [1.54, 1.807) is 9.80 Å². The smallest absolute Gasteiger partial charge is 0.410 e. The molecule has 2 aliphatic heterocycles. The molecule has 0 aromatic carbocycles. The highest BCUT2D eigenvalue weighted by atomic mass is 35.5. The van der Waals surface area contributed by atoms with E-state index >= 15 is 0 Å². The second-order valence-electron chi connectivity index (χ2n) is 10.2. The van der Waals surface area contributed by atoms with Gasteiger partial charge in [0.2, 0.25) is 0 Å². The van der Waals surface area contributed by atoms with Crippen molar-refractivity contribution < 1.29 is 19.1 Å². The zero-order chi connectivity index (χ0) is 24.0. The van der Waals surface area contributed by atoms with Crippen molar-refractivity contribution >= 4 is 24.6 Å². The summed E-state index contributed by atoms with van der Waals surface area (Å²) in [5.74, 6) is 0. The Balaban J connectivity index is 0.000000856. The van der Waals surface area contributed by atoms with Gasteiger partial charge >= 0.3 is 12.2 Å². The number of ether oxygens (including phenoxy) is 2. The molecule has 10 heteroatoms. The summed E-state index contributed by atoms with van der Waals surface area (Å²) in [7, 11) is 0. The van der Waals surface area contributed by atoms with Gasteiger partial charge in [0.15, 0.2) is 0 Å². The van der Waals surface area contributed by atoms with Crippen molar-refractivity contribution in [1.29, 1.82) is 0 Å². The summed E-state index contributed by atoms with van der Waals surface area (Å²) >= 11 is 0. The van der Waals surface area contributed by atoms with Crippen LogP contribution >= 0.6 is 12.4 Å². The fourth-order valence-electron chi connectivity index (χ4n) is 3.14. The summed E-state index contributed by atoms with van der Waals surface area (Å²) in [6.45, 7) is 19.0. The Bertz CT molecular complexity index is 485. The zero-order valence-corrected chi connectivity index (χ0v) is 22.4. The van der Waals surface area contributed by atoms with Crippen molar-refractivity contribution in [2.24, 2.45) is 0 Å². The molecule has 3 N–H and O–H groups in total. The lowest BCUT2D eigenvalue weighted by Crippen LogP contribution is -2.44. The van der Waals surface area contributed by atoms with Gasteiger partial charge in [-0.25, -0.2) is 9.59 Å². The minimum Gasteiger partial charge on any atom is -0.444 e. The molecule has 2 fully saturated rings. The molecule has 2 aliphatic rings. The summed E-state index contributed by atoms with van der Waals surface area (Å²) < 4.78 is 10.8. The Labute approximate surface area is 207 Å². The van der Waals surface area contributed by atoms with Crippen molar-refractivity contribution in [2.45, 2.75) is 72.0 Å². The van der Waals surface area contributed by atoms with Gasteiger partial charge in [0.05, 0.1) is 0 Å². The van der Waals surface area contributed by atoms with E-state index in [9.17, 15) is 9.59 Å². The van der Waals surface area contributed by atoms with Crippen LogP contribution < -0.4 is 16.0 Å². The number of hydrogen-bond acceptors (Lipinski definition) is 7. The van der Waals surface area contributed by atoms with E-state index in [1.807, 2.05) is 41.5 Å². The standard InChI is InChI=1S/C16H31N3O4.C7H16N2.ClH/c1-15(2,3)22-13(20)18-9-7-17-8-10-19(12-11-18)14(21)23-16(4,5)6;1-2-4-8-6-7-9-5-3-1;/h17H,7-12H2,1-6H3;8-9H,1-7H2;1H. The highest BCUT2D eigenvalue weighted by molar-refractivity contribution is 5.85. The first kappa shape index (κ1) is 31.7. The average Bonchev–Trinajstić information content (AvgIpc) is 2.89. The lowest BCUT2D eigenvalue weighted by molar-refractivity contribution is 0.0154. The van der Waals surface area contributed by atoms with Crippen LogP contribution in [0.4, 0.5) is 9.59 Å². The van der Waals surface area contributed by atoms with Gasteiger partial charge in [-0.15, -0.1) is 12.4 Å². The van der Waals surface area contributed by atoms with E-state index in [-0.39, 0.29) is 24.6 Å². The van der Waals surface area contributed by atoms with E-state index in [1.165, 1.54) is 32.4 Å². The first-order valence-corrected chi connectivity index (χ1v) is 12.1. The molecule has 0 bridgehead atoms. The summed E-state index contributed by atoms with van der Waals surface area (Å²) in [5, 5.41) is 9.95. The molecular weight excluding hydrogens is 446 g/mol. The Morgan fingerprint density at radius 3 is 1.30 bits per heavy atom. The van der Waals surface area contributed by atoms with E-state index in [4.69, 9.17) is 9.47 Å². The summed E-state index contributed by atoms with van der Waals surface area (Å²) in [6.07, 6.45) is 3.36. The van der Waals surface area contributed by atoms with Crippen LogP contribution in [0.15, 0.2) is 0 Å². The Morgan fingerprint density at radius 1 is 0.576 bits per heavy atom. The molecule has 2 rings (SSSR count). The van der Waals surface area contributed by atoms with E-state index in [0.717, 1.165) is 13.1 Å². The molecule has 0 saturated carbocycles. The van der Waals surface area contributed by atoms with Crippen molar-refractivity contribution in [3.05, 3.63) is 0 Å². The maximum atomic E-state index is 12.2. The quantitative estimate of drug-likeness (QED) is 0.477. The topological polar surface area (TPSA) is 95.2 Å². The molecule has 0 spiro atoms. The Morgan fingerprint density at radius 2 is 0.939 bits per heavy atom. The number of carbonyl (C=O) groups is 2. The van der Waals surface area contributed by atoms with E-state index in [0.29, 0.717) is 39.3 Å². The molecule has 33 heavy (non-hydrogen) atoms. The third-order valence-electron chi connectivity index (χ3n) is 4.75. The maximum absolute atomic E-state index is 12.2. The largest absolute Gasteiger partial charge is 0.444 e. The van der Waals surface area contributed by atoms with Gasteiger partial charge in [-0.2, -0.15) is 0 Å². The lowest BCUT2D eigenvalue weighted by atomic mass is 10.2. The van der Waals surface area contributed by atoms with Gasteiger partial charge < -0.3 is 35.2 Å². The van der Waals surface area contributed by atoms with Crippen LogP contribution in [-0.4, -0.2) is 98.6 Å². The third kappa shape index (κ3) is 16.9. The molecule has 0 aliphatic carbocycles. The van der Waals surface area contributed by atoms with Gasteiger partial charge in [0.25, 0.3) is 0 Å². The first-order valence-electron chi connectivity index (χ1n) is 12.1. The first-order chi connectivity index (χ1) is 15.0. The molecule has 0 aromatic rings. The van der Waals surface area contributed by atoms with Gasteiger partial charge in [-0.05, 0) is 67.5 Å². The normalized spacial score (nSPS) is 19.0. The van der Waals surface area contributed by atoms with Gasteiger partial charge in [-0.1, -0.05) is 6.42 Å². The molecule has 2 heterocycles. The van der Waals surface area contributed by atoms with Gasteiger partial charge in [0, 0.05) is 52.4 Å². The second-order valence-corrected chi connectivity index (χ2v) is 10.2. The fourth-order valence-corrected chi connectivity index (χ4v) is 3.14. The molecule has 0 atom stereocenters. The molecule has 0 radical (unpaired) electrons. The predicted molar refractivity (Wildman–Crippen MR) is 135 cm³/mol. The van der Waals surface area contributed by atoms with Crippen LogP contribution in [-0.2, 0) is 9.47 Å². The lowest BCUT2D eigenvalue weighted by Gasteiger charge is -2.30. The Kier molecular flexibility index (Phi) is 15.7. The third-order valence-corrected chi connectivity index (χ3v) is 4.75. The zero-order valence-electron chi connectivity index (χ0n) is 21.6. The highest BCUT2D eigenvalue weighted by Gasteiger charge is 2.26.